The predicted octanol–water partition coefficient (Wildman–Crippen LogP) is 0.901. The summed E-state index contributed by atoms with van der Waals surface area (Å²) in [5.41, 5.74) is 6.64. The molecule has 0 bridgehead atoms. The fraction of sp³-hybridized carbons (Fsp3) is 0.273. The lowest BCUT2D eigenvalue weighted by atomic mass is 10.1. The zero-order chi connectivity index (χ0) is 12.0. The van der Waals surface area contributed by atoms with E-state index >= 15 is 0 Å². The van der Waals surface area contributed by atoms with E-state index in [-0.39, 0.29) is 10.9 Å². The number of hydrogen-bond donors (Lipinski definition) is 2. The van der Waals surface area contributed by atoms with Gasteiger partial charge in [0.1, 0.15) is 0 Å². The third kappa shape index (κ3) is 4.46. The molecule has 1 aromatic carbocycles. The molecule has 0 aromatic heterocycles. The van der Waals surface area contributed by atoms with Gasteiger partial charge in [-0.05, 0) is 12.0 Å². The number of carboxylic acids is 1. The van der Waals surface area contributed by atoms with Gasteiger partial charge in [-0.2, -0.15) is 0 Å². The minimum Gasteiger partial charge on any atom is -0.481 e. The maximum Gasteiger partial charge on any atom is 0.313 e. The first kappa shape index (κ1) is 12.7. The molecule has 0 aliphatic carbocycles. The third-order valence-electron chi connectivity index (χ3n) is 1.94. The molecule has 0 spiro atoms. The molecule has 0 heterocycles. The molecule has 0 unspecified atom stereocenters. The van der Waals surface area contributed by atoms with Gasteiger partial charge in [0.2, 0.25) is 5.12 Å². The molecular formula is C11H13NO3S. The van der Waals surface area contributed by atoms with Crippen molar-refractivity contribution >= 4 is 22.8 Å². The number of carbonyl (C=O) groups excluding carboxylic acids is 1. The van der Waals surface area contributed by atoms with Crippen molar-refractivity contribution in [1.82, 2.24) is 0 Å². The van der Waals surface area contributed by atoms with Gasteiger partial charge in [0.25, 0.3) is 0 Å². The van der Waals surface area contributed by atoms with Crippen LogP contribution in [0.3, 0.4) is 0 Å². The number of rotatable bonds is 5. The molecule has 0 radical (unpaired) electrons. The monoisotopic (exact) mass is 239 g/mol. The van der Waals surface area contributed by atoms with Crippen LogP contribution in [0.2, 0.25) is 0 Å². The fourth-order valence-electron chi connectivity index (χ4n) is 1.19. The van der Waals surface area contributed by atoms with Crippen LogP contribution >= 0.6 is 11.8 Å². The van der Waals surface area contributed by atoms with Gasteiger partial charge in [-0.25, -0.2) is 0 Å². The average Bonchev–Trinajstić information content (AvgIpc) is 2.27. The number of aliphatic carboxylic acids is 1. The zero-order valence-electron chi connectivity index (χ0n) is 8.63. The first-order valence-electron chi connectivity index (χ1n) is 4.77. The second-order valence-corrected chi connectivity index (χ2v) is 4.28. The maximum absolute atomic E-state index is 11.4. The number of benzene rings is 1. The highest BCUT2D eigenvalue weighted by molar-refractivity contribution is 8.14. The van der Waals surface area contributed by atoms with E-state index in [1.54, 1.807) is 0 Å². The first-order valence-corrected chi connectivity index (χ1v) is 5.76. The largest absolute Gasteiger partial charge is 0.481 e. The van der Waals surface area contributed by atoms with Crippen LogP contribution in [-0.2, 0) is 16.0 Å². The third-order valence-corrected chi connectivity index (χ3v) is 2.92. The van der Waals surface area contributed by atoms with E-state index in [0.717, 1.165) is 17.3 Å². The highest BCUT2D eigenvalue weighted by Crippen LogP contribution is 2.09. The molecule has 0 saturated carbocycles. The molecule has 86 valence electrons. The molecule has 1 atom stereocenters. The van der Waals surface area contributed by atoms with Gasteiger partial charge in [0.15, 0.2) is 0 Å². The highest BCUT2D eigenvalue weighted by atomic mass is 32.2. The van der Waals surface area contributed by atoms with Crippen LogP contribution in [-0.4, -0.2) is 28.0 Å². The number of carbonyl (C=O) groups is 2. The van der Waals surface area contributed by atoms with E-state index in [0.29, 0.717) is 6.42 Å². The van der Waals surface area contributed by atoms with Crippen LogP contribution < -0.4 is 5.73 Å². The Morgan fingerprint density at radius 2 is 1.94 bits per heavy atom. The van der Waals surface area contributed by atoms with E-state index in [1.165, 1.54) is 0 Å². The summed E-state index contributed by atoms with van der Waals surface area (Å²) >= 11 is 0.748. The van der Waals surface area contributed by atoms with Gasteiger partial charge >= 0.3 is 5.97 Å². The molecule has 1 rings (SSSR count). The lowest BCUT2D eigenvalue weighted by Crippen LogP contribution is -2.31. The van der Waals surface area contributed by atoms with E-state index in [1.807, 2.05) is 30.3 Å². The summed E-state index contributed by atoms with van der Waals surface area (Å²) in [7, 11) is 0. The number of thioether (sulfide) groups is 1. The smallest absolute Gasteiger partial charge is 0.313 e. The Labute approximate surface area is 97.8 Å². The van der Waals surface area contributed by atoms with Crippen molar-refractivity contribution in [3.8, 4) is 0 Å². The van der Waals surface area contributed by atoms with E-state index in [4.69, 9.17) is 10.8 Å². The molecule has 0 saturated heterocycles. The quantitative estimate of drug-likeness (QED) is 0.798. The second kappa shape index (κ2) is 6.30. The predicted molar refractivity (Wildman–Crippen MR) is 63.2 cm³/mol. The molecule has 3 N–H and O–H groups in total. The van der Waals surface area contributed by atoms with Gasteiger partial charge in [-0.1, -0.05) is 42.1 Å². The van der Waals surface area contributed by atoms with Gasteiger partial charge in [-0.3, -0.25) is 9.59 Å². The van der Waals surface area contributed by atoms with Crippen LogP contribution in [0.25, 0.3) is 0 Å². The van der Waals surface area contributed by atoms with Crippen LogP contribution in [0.4, 0.5) is 0 Å². The van der Waals surface area contributed by atoms with E-state index in [2.05, 4.69) is 0 Å². The second-order valence-electron chi connectivity index (χ2n) is 3.30. The van der Waals surface area contributed by atoms with Crippen LogP contribution in [0.5, 0.6) is 0 Å². The lowest BCUT2D eigenvalue weighted by molar-refractivity contribution is -0.134. The van der Waals surface area contributed by atoms with Crippen molar-refractivity contribution in [2.24, 2.45) is 5.73 Å². The molecule has 0 fully saturated rings. The minimum atomic E-state index is -1.01. The Bertz CT molecular complexity index is 367. The summed E-state index contributed by atoms with van der Waals surface area (Å²) in [6.45, 7) is 0. The topological polar surface area (TPSA) is 80.4 Å². The summed E-state index contributed by atoms with van der Waals surface area (Å²) in [4.78, 5) is 21.7. The molecule has 0 aliphatic rings. The summed E-state index contributed by atoms with van der Waals surface area (Å²) in [6.07, 6.45) is 0.437. The Morgan fingerprint density at radius 1 is 1.31 bits per heavy atom. The Hall–Kier alpha value is -1.33. The molecule has 16 heavy (non-hydrogen) atoms. The number of nitrogens with two attached hydrogens (primary N) is 1. The van der Waals surface area contributed by atoms with Gasteiger partial charge in [0, 0.05) is 0 Å². The Kier molecular flexibility index (Phi) is 5.01. The molecule has 4 nitrogen and oxygen atoms in total. The Balaban J connectivity index is 2.43. The molecular weight excluding hydrogens is 226 g/mol. The van der Waals surface area contributed by atoms with Crippen molar-refractivity contribution in [2.75, 3.05) is 5.75 Å². The molecule has 0 aliphatic heterocycles. The average molecular weight is 239 g/mol. The number of hydrogen-bond acceptors (Lipinski definition) is 4. The zero-order valence-corrected chi connectivity index (χ0v) is 9.44. The maximum atomic E-state index is 11.4. The molecule has 1 aromatic rings. The van der Waals surface area contributed by atoms with Crippen LogP contribution in [0.15, 0.2) is 30.3 Å². The number of carboxylic acid groups (broad SMARTS) is 1. The summed E-state index contributed by atoms with van der Waals surface area (Å²) < 4.78 is 0. The van der Waals surface area contributed by atoms with Gasteiger partial charge in [-0.15, -0.1) is 0 Å². The van der Waals surface area contributed by atoms with Crippen molar-refractivity contribution in [1.29, 1.82) is 0 Å². The molecule has 5 heteroatoms. The lowest BCUT2D eigenvalue weighted by Gasteiger charge is -2.08. The van der Waals surface area contributed by atoms with Gasteiger partial charge in [0.05, 0.1) is 11.8 Å². The normalized spacial score (nSPS) is 12.1. The van der Waals surface area contributed by atoms with Crippen molar-refractivity contribution < 1.29 is 14.7 Å². The highest BCUT2D eigenvalue weighted by Gasteiger charge is 2.15. The van der Waals surface area contributed by atoms with Crippen molar-refractivity contribution in [3.63, 3.8) is 0 Å². The first-order chi connectivity index (χ1) is 7.59. The fourth-order valence-corrected chi connectivity index (χ4v) is 1.75. The standard InChI is InChI=1S/C11H13NO3S/c12-9(11(15)16-7-10(13)14)6-8-4-2-1-3-5-8/h1-5,9H,6-7,12H2,(H,13,14)/t9-/m0/s1. The van der Waals surface area contributed by atoms with E-state index < -0.39 is 12.0 Å². The van der Waals surface area contributed by atoms with Crippen LogP contribution in [0, 0.1) is 0 Å². The summed E-state index contributed by atoms with van der Waals surface area (Å²) in [5, 5.41) is 8.13. The van der Waals surface area contributed by atoms with Crippen molar-refractivity contribution in [2.45, 2.75) is 12.5 Å². The minimum absolute atomic E-state index is 0.235. The van der Waals surface area contributed by atoms with Crippen LogP contribution in [0.1, 0.15) is 5.56 Å². The van der Waals surface area contributed by atoms with Crippen molar-refractivity contribution in [3.05, 3.63) is 35.9 Å². The summed E-state index contributed by atoms with van der Waals surface area (Å²) in [6, 6.07) is 8.75. The van der Waals surface area contributed by atoms with E-state index in [9.17, 15) is 9.59 Å². The summed E-state index contributed by atoms with van der Waals surface area (Å²) in [5.74, 6) is -1.24. The Morgan fingerprint density at radius 3 is 2.50 bits per heavy atom. The SMILES string of the molecule is N[C@@H](Cc1ccccc1)C(=O)SCC(=O)O. The van der Waals surface area contributed by atoms with Gasteiger partial charge < -0.3 is 10.8 Å². The molecule has 0 amide bonds.